The van der Waals surface area contributed by atoms with E-state index < -0.39 is 0 Å². The first-order valence-corrected chi connectivity index (χ1v) is 7.85. The van der Waals surface area contributed by atoms with Gasteiger partial charge in [-0.15, -0.1) is 0 Å². The van der Waals surface area contributed by atoms with Gasteiger partial charge in [0.2, 0.25) is 0 Å². The zero-order valence-electron chi connectivity index (χ0n) is 12.8. The molecule has 0 aromatic heterocycles. The summed E-state index contributed by atoms with van der Waals surface area (Å²) in [7, 11) is 1.65. The van der Waals surface area contributed by atoms with E-state index in [1.807, 2.05) is 12.1 Å². The number of methoxy groups -OCH3 is 1. The van der Waals surface area contributed by atoms with E-state index >= 15 is 0 Å². The van der Waals surface area contributed by atoms with Crippen molar-refractivity contribution in [2.75, 3.05) is 12.4 Å². The summed E-state index contributed by atoms with van der Waals surface area (Å²) in [6, 6.07) is 6.49. The van der Waals surface area contributed by atoms with Gasteiger partial charge < -0.3 is 10.1 Å². The first-order chi connectivity index (χ1) is 9.37. The molecule has 2 saturated carbocycles. The van der Waals surface area contributed by atoms with Crippen molar-refractivity contribution in [2.24, 2.45) is 16.7 Å². The lowest BCUT2D eigenvalue weighted by Crippen LogP contribution is -2.45. The Balaban J connectivity index is 1.86. The van der Waals surface area contributed by atoms with Gasteiger partial charge in [-0.1, -0.05) is 32.4 Å². The monoisotopic (exact) mass is 293 g/mol. The summed E-state index contributed by atoms with van der Waals surface area (Å²) in [5.74, 6) is 1.58. The molecule has 110 valence electrons. The Kier molecular flexibility index (Phi) is 3.20. The van der Waals surface area contributed by atoms with Crippen LogP contribution in [0.3, 0.4) is 0 Å². The van der Waals surface area contributed by atoms with E-state index in [2.05, 4.69) is 32.2 Å². The van der Waals surface area contributed by atoms with Gasteiger partial charge in [0.15, 0.2) is 0 Å². The van der Waals surface area contributed by atoms with Gasteiger partial charge in [-0.3, -0.25) is 0 Å². The van der Waals surface area contributed by atoms with Gasteiger partial charge in [0.05, 0.1) is 12.1 Å². The van der Waals surface area contributed by atoms with Gasteiger partial charge in [-0.25, -0.2) is 0 Å². The van der Waals surface area contributed by atoms with Crippen LogP contribution in [-0.2, 0) is 0 Å². The maximum atomic E-state index is 6.23. The fraction of sp³-hybridized carbons (Fsp3) is 0.647. The van der Waals surface area contributed by atoms with Crippen molar-refractivity contribution in [3.63, 3.8) is 0 Å². The van der Waals surface area contributed by atoms with Crippen LogP contribution < -0.4 is 10.1 Å². The summed E-state index contributed by atoms with van der Waals surface area (Å²) < 4.78 is 5.22. The number of benzene rings is 1. The maximum Gasteiger partial charge on any atom is 0.137 e. The second kappa shape index (κ2) is 4.56. The molecule has 0 heterocycles. The first kappa shape index (κ1) is 14.1. The fourth-order valence-corrected chi connectivity index (χ4v) is 4.84. The van der Waals surface area contributed by atoms with Gasteiger partial charge in [0, 0.05) is 11.7 Å². The summed E-state index contributed by atoms with van der Waals surface area (Å²) in [6.07, 6.45) is 4.06. The van der Waals surface area contributed by atoms with Crippen molar-refractivity contribution < 1.29 is 4.74 Å². The SMILES string of the molecule is COc1ccc(NC2C3(C)CCC(C3)C2(C)C)cc1Cl. The van der Waals surface area contributed by atoms with Gasteiger partial charge in [0.25, 0.3) is 0 Å². The topological polar surface area (TPSA) is 21.3 Å². The van der Waals surface area contributed by atoms with Crippen LogP contribution in [0.5, 0.6) is 5.75 Å². The molecular formula is C17H24ClNO. The molecule has 1 aromatic carbocycles. The van der Waals surface area contributed by atoms with Crippen LogP contribution in [0, 0.1) is 16.7 Å². The van der Waals surface area contributed by atoms with Crippen LogP contribution in [0.25, 0.3) is 0 Å². The number of fused-ring (bicyclic) bond motifs is 2. The molecule has 20 heavy (non-hydrogen) atoms. The normalized spacial score (nSPS) is 34.2. The zero-order chi connectivity index (χ0) is 14.5. The third kappa shape index (κ3) is 2.00. The lowest BCUT2D eigenvalue weighted by atomic mass is 9.68. The van der Waals surface area contributed by atoms with E-state index in [0.29, 0.717) is 21.9 Å². The molecule has 0 radical (unpaired) electrons. The van der Waals surface area contributed by atoms with E-state index in [-0.39, 0.29) is 0 Å². The molecule has 2 aliphatic carbocycles. The van der Waals surface area contributed by atoms with Crippen LogP contribution in [-0.4, -0.2) is 13.2 Å². The Labute approximate surface area is 126 Å². The molecule has 1 aromatic rings. The Morgan fingerprint density at radius 3 is 2.60 bits per heavy atom. The number of ether oxygens (including phenoxy) is 1. The average molecular weight is 294 g/mol. The quantitative estimate of drug-likeness (QED) is 0.849. The highest BCUT2D eigenvalue weighted by Crippen LogP contribution is 2.63. The molecule has 0 aliphatic heterocycles. The van der Waals surface area contributed by atoms with Crippen molar-refractivity contribution >= 4 is 17.3 Å². The molecule has 2 bridgehead atoms. The van der Waals surface area contributed by atoms with Crippen molar-refractivity contribution in [3.8, 4) is 5.75 Å². The van der Waals surface area contributed by atoms with E-state index in [0.717, 1.165) is 17.4 Å². The minimum atomic E-state index is 0.347. The van der Waals surface area contributed by atoms with Crippen molar-refractivity contribution in [1.82, 2.24) is 0 Å². The smallest absolute Gasteiger partial charge is 0.137 e. The van der Waals surface area contributed by atoms with Gasteiger partial charge in [-0.05, 0) is 54.2 Å². The second-order valence-electron chi connectivity index (χ2n) is 7.34. The van der Waals surface area contributed by atoms with Gasteiger partial charge in [0.1, 0.15) is 5.75 Å². The summed E-state index contributed by atoms with van der Waals surface area (Å²) in [6.45, 7) is 7.25. The standard InChI is InChI=1S/C17H24ClNO/c1-16(2)11-7-8-17(3,10-11)15(16)19-12-5-6-14(20-4)13(18)9-12/h5-6,9,11,15,19H,7-8,10H2,1-4H3. The van der Waals surface area contributed by atoms with E-state index in [1.54, 1.807) is 7.11 Å². The van der Waals surface area contributed by atoms with Gasteiger partial charge >= 0.3 is 0 Å². The average Bonchev–Trinajstić information content (AvgIpc) is 2.86. The Morgan fingerprint density at radius 2 is 2.05 bits per heavy atom. The van der Waals surface area contributed by atoms with Crippen LogP contribution in [0.4, 0.5) is 5.69 Å². The number of halogens is 1. The molecule has 3 rings (SSSR count). The molecule has 2 nitrogen and oxygen atoms in total. The molecule has 2 aliphatic rings. The predicted octanol–water partition coefficient (Wildman–Crippen LogP) is 4.98. The largest absolute Gasteiger partial charge is 0.495 e. The van der Waals surface area contributed by atoms with Crippen LogP contribution in [0.1, 0.15) is 40.0 Å². The second-order valence-corrected chi connectivity index (χ2v) is 7.75. The summed E-state index contributed by atoms with van der Waals surface area (Å²) in [5, 5.41) is 4.43. The molecule has 0 amide bonds. The van der Waals surface area contributed by atoms with Crippen molar-refractivity contribution in [2.45, 2.75) is 46.1 Å². The zero-order valence-corrected chi connectivity index (χ0v) is 13.6. The summed E-state index contributed by atoms with van der Waals surface area (Å²) >= 11 is 6.23. The van der Waals surface area contributed by atoms with Crippen molar-refractivity contribution in [3.05, 3.63) is 23.2 Å². The number of nitrogens with one attached hydrogen (secondary N) is 1. The summed E-state index contributed by atoms with van der Waals surface area (Å²) in [4.78, 5) is 0. The first-order valence-electron chi connectivity index (χ1n) is 7.47. The Bertz CT molecular complexity index is 523. The highest BCUT2D eigenvalue weighted by molar-refractivity contribution is 6.32. The molecule has 2 fully saturated rings. The number of rotatable bonds is 3. The molecule has 0 saturated heterocycles. The summed E-state index contributed by atoms with van der Waals surface area (Å²) in [5.41, 5.74) is 1.86. The molecule has 3 unspecified atom stereocenters. The lowest BCUT2D eigenvalue weighted by molar-refractivity contribution is 0.155. The number of hydrogen-bond donors (Lipinski definition) is 1. The minimum Gasteiger partial charge on any atom is -0.495 e. The van der Waals surface area contributed by atoms with Crippen LogP contribution in [0.15, 0.2) is 18.2 Å². The third-order valence-corrected chi connectivity index (χ3v) is 6.03. The fourth-order valence-electron chi connectivity index (χ4n) is 4.59. The molecule has 3 atom stereocenters. The van der Waals surface area contributed by atoms with Crippen molar-refractivity contribution in [1.29, 1.82) is 0 Å². The van der Waals surface area contributed by atoms with E-state index in [9.17, 15) is 0 Å². The van der Waals surface area contributed by atoms with Crippen LogP contribution in [0.2, 0.25) is 5.02 Å². The highest BCUT2D eigenvalue weighted by atomic mass is 35.5. The highest BCUT2D eigenvalue weighted by Gasteiger charge is 2.59. The van der Waals surface area contributed by atoms with Crippen LogP contribution >= 0.6 is 11.6 Å². The van der Waals surface area contributed by atoms with E-state index in [4.69, 9.17) is 16.3 Å². The molecule has 3 heteroatoms. The number of anilines is 1. The lowest BCUT2D eigenvalue weighted by Gasteiger charge is -2.43. The maximum absolute atomic E-state index is 6.23. The molecule has 0 spiro atoms. The minimum absolute atomic E-state index is 0.347. The van der Waals surface area contributed by atoms with E-state index in [1.165, 1.54) is 19.3 Å². The predicted molar refractivity (Wildman–Crippen MR) is 84.6 cm³/mol. The Morgan fingerprint density at radius 1 is 1.30 bits per heavy atom. The molecule has 1 N–H and O–H groups in total. The Hall–Kier alpha value is -0.890. The third-order valence-electron chi connectivity index (χ3n) is 5.73. The molecular weight excluding hydrogens is 270 g/mol. The van der Waals surface area contributed by atoms with Gasteiger partial charge in [-0.2, -0.15) is 0 Å². The number of hydrogen-bond acceptors (Lipinski definition) is 2.